The second-order valence-corrected chi connectivity index (χ2v) is 6.65. The van der Waals surface area contributed by atoms with Crippen LogP contribution in [-0.2, 0) is 0 Å². The molecule has 0 N–H and O–H groups in total. The van der Waals surface area contributed by atoms with Crippen LogP contribution >= 0.6 is 11.8 Å². The van der Waals surface area contributed by atoms with E-state index < -0.39 is 0 Å². The van der Waals surface area contributed by atoms with E-state index in [0.29, 0.717) is 11.2 Å². The molecule has 0 bridgehead atoms. The van der Waals surface area contributed by atoms with Crippen LogP contribution < -0.4 is 0 Å². The zero-order chi connectivity index (χ0) is 11.5. The van der Waals surface area contributed by atoms with E-state index in [2.05, 4.69) is 18.7 Å². The van der Waals surface area contributed by atoms with E-state index in [9.17, 15) is 4.79 Å². The predicted octanol–water partition coefficient (Wildman–Crippen LogP) is 2.28. The molecule has 0 radical (unpaired) electrons. The molecule has 2 atom stereocenters. The van der Waals surface area contributed by atoms with E-state index in [1.54, 1.807) is 0 Å². The topological polar surface area (TPSA) is 23.6 Å². The largest absolute Gasteiger partial charge is 0.324 e. The number of urea groups is 1. The number of rotatable bonds is 0. The van der Waals surface area contributed by atoms with Crippen LogP contribution in [0.5, 0.6) is 0 Å². The Bertz CT molecular complexity index is 235. The lowest BCUT2D eigenvalue weighted by Crippen LogP contribution is -2.50. The molecule has 2 heterocycles. The van der Waals surface area contributed by atoms with Gasteiger partial charge in [0.2, 0.25) is 0 Å². The standard InChI is InChI=1S/C12H22N2OS/c1-10-4-3-5-13(8-10)12(15)14-6-7-16-11(2)9-14/h10-11H,3-9H2,1-2H3. The first kappa shape index (κ1) is 12.1. The highest BCUT2D eigenvalue weighted by Gasteiger charge is 2.27. The highest BCUT2D eigenvalue weighted by molar-refractivity contribution is 7.99. The molecule has 0 aromatic rings. The van der Waals surface area contributed by atoms with Crippen LogP contribution in [-0.4, -0.2) is 53.0 Å². The first-order chi connectivity index (χ1) is 7.66. The summed E-state index contributed by atoms with van der Waals surface area (Å²) in [4.78, 5) is 16.4. The minimum absolute atomic E-state index is 0.277. The van der Waals surface area contributed by atoms with Crippen molar-refractivity contribution in [1.29, 1.82) is 0 Å². The lowest BCUT2D eigenvalue weighted by atomic mass is 10.0. The molecule has 0 aromatic carbocycles. The van der Waals surface area contributed by atoms with E-state index in [1.807, 2.05) is 16.7 Å². The average Bonchev–Trinajstić information content (AvgIpc) is 2.28. The highest BCUT2D eigenvalue weighted by Crippen LogP contribution is 2.21. The van der Waals surface area contributed by atoms with Crippen molar-refractivity contribution in [3.05, 3.63) is 0 Å². The van der Waals surface area contributed by atoms with Gasteiger partial charge in [-0.05, 0) is 18.8 Å². The predicted molar refractivity (Wildman–Crippen MR) is 68.9 cm³/mol. The molecule has 92 valence electrons. The van der Waals surface area contributed by atoms with Gasteiger partial charge < -0.3 is 9.80 Å². The van der Waals surface area contributed by atoms with Crippen LogP contribution in [0.4, 0.5) is 4.79 Å². The fourth-order valence-corrected chi connectivity index (χ4v) is 3.57. The summed E-state index contributed by atoms with van der Waals surface area (Å²) in [7, 11) is 0. The van der Waals surface area contributed by atoms with Crippen LogP contribution in [0.25, 0.3) is 0 Å². The number of carbonyl (C=O) groups excluding carboxylic acids is 1. The molecule has 2 aliphatic heterocycles. The molecule has 0 aromatic heterocycles. The Morgan fingerprint density at radius 3 is 2.62 bits per heavy atom. The molecule has 2 saturated heterocycles. The second-order valence-electron chi connectivity index (χ2n) is 5.10. The lowest BCUT2D eigenvalue weighted by Gasteiger charge is -2.38. The Balaban J connectivity index is 1.90. The SMILES string of the molecule is CC1CCCN(C(=O)N2CCSC(C)C2)C1. The molecule has 2 aliphatic rings. The Labute approximate surface area is 103 Å². The molecule has 2 unspecified atom stereocenters. The van der Waals surface area contributed by atoms with Gasteiger partial charge in [-0.1, -0.05) is 13.8 Å². The molecule has 2 fully saturated rings. The molecule has 4 heteroatoms. The van der Waals surface area contributed by atoms with Gasteiger partial charge in [0.15, 0.2) is 0 Å². The van der Waals surface area contributed by atoms with Crippen LogP contribution in [0.3, 0.4) is 0 Å². The van der Waals surface area contributed by atoms with Crippen molar-refractivity contribution in [2.24, 2.45) is 5.92 Å². The Kier molecular flexibility index (Phi) is 4.00. The van der Waals surface area contributed by atoms with E-state index in [0.717, 1.165) is 31.9 Å². The smallest absolute Gasteiger partial charge is 0.320 e. The van der Waals surface area contributed by atoms with Crippen molar-refractivity contribution < 1.29 is 4.79 Å². The monoisotopic (exact) mass is 242 g/mol. The molecule has 2 amide bonds. The van der Waals surface area contributed by atoms with E-state index in [4.69, 9.17) is 0 Å². The van der Waals surface area contributed by atoms with Gasteiger partial charge in [-0.15, -0.1) is 0 Å². The third kappa shape index (κ3) is 2.84. The van der Waals surface area contributed by atoms with Gasteiger partial charge in [0.25, 0.3) is 0 Å². The van der Waals surface area contributed by atoms with E-state index in [1.165, 1.54) is 12.8 Å². The maximum atomic E-state index is 12.3. The Morgan fingerprint density at radius 1 is 1.19 bits per heavy atom. The molecule has 0 spiro atoms. The summed E-state index contributed by atoms with van der Waals surface area (Å²) in [6, 6.07) is 0.277. The van der Waals surface area contributed by atoms with Gasteiger partial charge in [0, 0.05) is 37.2 Å². The van der Waals surface area contributed by atoms with Gasteiger partial charge in [0.05, 0.1) is 0 Å². The van der Waals surface area contributed by atoms with Gasteiger partial charge in [-0.3, -0.25) is 0 Å². The van der Waals surface area contributed by atoms with Gasteiger partial charge in [-0.25, -0.2) is 4.79 Å². The minimum atomic E-state index is 0.277. The average molecular weight is 242 g/mol. The summed E-state index contributed by atoms with van der Waals surface area (Å²) in [5.41, 5.74) is 0. The summed E-state index contributed by atoms with van der Waals surface area (Å²) in [5, 5.41) is 0.597. The maximum absolute atomic E-state index is 12.3. The van der Waals surface area contributed by atoms with Gasteiger partial charge in [0.1, 0.15) is 0 Å². The highest BCUT2D eigenvalue weighted by atomic mass is 32.2. The summed E-state index contributed by atoms with van der Waals surface area (Å²) in [5.74, 6) is 1.77. The van der Waals surface area contributed by atoms with Crippen molar-refractivity contribution in [3.8, 4) is 0 Å². The number of likely N-dealkylation sites (tertiary alicyclic amines) is 1. The third-order valence-corrected chi connectivity index (χ3v) is 4.58. The summed E-state index contributed by atoms with van der Waals surface area (Å²) >= 11 is 1.97. The Morgan fingerprint density at radius 2 is 1.94 bits per heavy atom. The number of amides is 2. The molecular weight excluding hydrogens is 220 g/mol. The zero-order valence-electron chi connectivity index (χ0n) is 10.3. The number of piperidine rings is 1. The lowest BCUT2D eigenvalue weighted by molar-refractivity contribution is 0.133. The fourth-order valence-electron chi connectivity index (χ4n) is 2.56. The first-order valence-corrected chi connectivity index (χ1v) is 7.37. The molecule has 2 rings (SSSR count). The number of carbonyl (C=O) groups is 1. The van der Waals surface area contributed by atoms with Crippen molar-refractivity contribution >= 4 is 17.8 Å². The van der Waals surface area contributed by atoms with Crippen LogP contribution in [0.15, 0.2) is 0 Å². The Hall–Kier alpha value is -0.380. The second kappa shape index (κ2) is 5.30. The molecular formula is C12H22N2OS. The number of nitrogens with zero attached hydrogens (tertiary/aromatic N) is 2. The van der Waals surface area contributed by atoms with Gasteiger partial charge in [-0.2, -0.15) is 11.8 Å². The van der Waals surface area contributed by atoms with Crippen molar-refractivity contribution in [2.45, 2.75) is 31.9 Å². The quantitative estimate of drug-likeness (QED) is 0.650. The zero-order valence-corrected chi connectivity index (χ0v) is 11.1. The van der Waals surface area contributed by atoms with Crippen molar-refractivity contribution in [1.82, 2.24) is 9.80 Å². The molecule has 0 aliphatic carbocycles. The van der Waals surface area contributed by atoms with E-state index >= 15 is 0 Å². The number of thioether (sulfide) groups is 1. The van der Waals surface area contributed by atoms with Crippen LogP contribution in [0.1, 0.15) is 26.7 Å². The van der Waals surface area contributed by atoms with Gasteiger partial charge >= 0.3 is 6.03 Å². The third-order valence-electron chi connectivity index (χ3n) is 3.44. The van der Waals surface area contributed by atoms with Crippen LogP contribution in [0.2, 0.25) is 0 Å². The van der Waals surface area contributed by atoms with Crippen molar-refractivity contribution in [2.75, 3.05) is 31.9 Å². The molecule has 3 nitrogen and oxygen atoms in total. The number of hydrogen-bond acceptors (Lipinski definition) is 2. The first-order valence-electron chi connectivity index (χ1n) is 6.32. The summed E-state index contributed by atoms with van der Waals surface area (Å²) in [6.07, 6.45) is 2.45. The van der Waals surface area contributed by atoms with E-state index in [-0.39, 0.29) is 6.03 Å². The molecule has 16 heavy (non-hydrogen) atoms. The normalized spacial score (nSPS) is 31.6. The number of hydrogen-bond donors (Lipinski definition) is 0. The summed E-state index contributed by atoms with van der Waals surface area (Å²) in [6.45, 7) is 8.22. The molecule has 0 saturated carbocycles. The fraction of sp³-hybridized carbons (Fsp3) is 0.917. The minimum Gasteiger partial charge on any atom is -0.324 e. The maximum Gasteiger partial charge on any atom is 0.320 e. The summed E-state index contributed by atoms with van der Waals surface area (Å²) < 4.78 is 0. The van der Waals surface area contributed by atoms with Crippen molar-refractivity contribution in [3.63, 3.8) is 0 Å². The van der Waals surface area contributed by atoms with Crippen LogP contribution in [0, 0.1) is 5.92 Å².